The zero-order valence-corrected chi connectivity index (χ0v) is 18.7. The third-order valence-corrected chi connectivity index (χ3v) is 5.60. The third-order valence-electron chi connectivity index (χ3n) is 5.38. The molecule has 9 heteroatoms. The van der Waals surface area contributed by atoms with Crippen LogP contribution in [0.15, 0.2) is 42.5 Å². The third kappa shape index (κ3) is 6.12. The second-order valence-corrected chi connectivity index (χ2v) is 8.16. The van der Waals surface area contributed by atoms with E-state index in [0.29, 0.717) is 22.4 Å². The Kier molecular flexibility index (Phi) is 7.91. The van der Waals surface area contributed by atoms with Gasteiger partial charge < -0.3 is 16.0 Å². The average Bonchev–Trinajstić information content (AvgIpc) is 2.79. The highest BCUT2D eigenvalue weighted by Crippen LogP contribution is 2.19. The number of Topliss-reactive ketones (excluding diaryl/α,β-unsaturated/α-hetero) is 1. The molecule has 8 nitrogen and oxygen atoms in total. The fraction of sp³-hybridized carbons (Fsp3) is 0.304. The SMILES string of the molecule is CC(=O)c1ccc(NC(=O)c2ccc(NC(=S)NC3CCCCC3)cc2)cc1C(=O)NN. The monoisotopic (exact) mass is 453 g/mol. The van der Waals surface area contributed by atoms with Crippen molar-refractivity contribution < 1.29 is 14.4 Å². The molecular formula is C23H27N5O3S. The van der Waals surface area contributed by atoms with Crippen LogP contribution in [0.25, 0.3) is 0 Å². The Bertz CT molecular complexity index is 1020. The van der Waals surface area contributed by atoms with Crippen molar-refractivity contribution in [3.8, 4) is 0 Å². The van der Waals surface area contributed by atoms with Gasteiger partial charge in [-0.15, -0.1) is 0 Å². The Balaban J connectivity index is 1.62. The van der Waals surface area contributed by atoms with Crippen LogP contribution in [0.5, 0.6) is 0 Å². The predicted octanol–water partition coefficient (Wildman–Crippen LogP) is 3.36. The molecule has 1 aliphatic rings. The van der Waals surface area contributed by atoms with E-state index in [1.54, 1.807) is 30.3 Å². The first-order valence-corrected chi connectivity index (χ1v) is 10.9. The largest absolute Gasteiger partial charge is 0.360 e. The molecule has 0 bridgehead atoms. The van der Waals surface area contributed by atoms with E-state index in [-0.39, 0.29) is 22.8 Å². The summed E-state index contributed by atoms with van der Waals surface area (Å²) in [4.78, 5) is 36.3. The van der Waals surface area contributed by atoms with Gasteiger partial charge >= 0.3 is 0 Å². The Morgan fingerprint density at radius 2 is 1.53 bits per heavy atom. The van der Waals surface area contributed by atoms with Gasteiger partial charge in [-0.05, 0) is 74.4 Å². The molecule has 0 heterocycles. The fourth-order valence-electron chi connectivity index (χ4n) is 3.70. The van der Waals surface area contributed by atoms with E-state index in [9.17, 15) is 14.4 Å². The summed E-state index contributed by atoms with van der Waals surface area (Å²) in [6.07, 6.45) is 5.98. The Morgan fingerprint density at radius 3 is 2.16 bits per heavy atom. The molecule has 0 radical (unpaired) electrons. The van der Waals surface area contributed by atoms with Crippen molar-refractivity contribution in [2.75, 3.05) is 10.6 Å². The van der Waals surface area contributed by atoms with Gasteiger partial charge in [0, 0.05) is 28.5 Å². The van der Waals surface area contributed by atoms with Gasteiger partial charge in [-0.1, -0.05) is 19.3 Å². The summed E-state index contributed by atoms with van der Waals surface area (Å²) in [6.45, 7) is 1.35. The van der Waals surface area contributed by atoms with Crippen LogP contribution in [-0.4, -0.2) is 28.8 Å². The number of rotatable bonds is 6. The second kappa shape index (κ2) is 10.8. The number of amides is 2. The summed E-state index contributed by atoms with van der Waals surface area (Å²) in [6, 6.07) is 11.8. The number of nitrogens with one attached hydrogen (secondary N) is 4. The summed E-state index contributed by atoms with van der Waals surface area (Å²) in [7, 11) is 0. The molecule has 0 atom stereocenters. The first kappa shape index (κ1) is 23.4. The molecule has 2 amide bonds. The molecule has 2 aromatic rings. The highest BCUT2D eigenvalue weighted by atomic mass is 32.1. The standard InChI is InChI=1S/C23H27N5O3S/c1-14(29)19-12-11-18(13-20(19)22(31)28-24)25-21(30)15-7-9-17(10-8-15)27-23(32)26-16-5-3-2-4-6-16/h7-13,16H,2-6,24H2,1H3,(H,25,30)(H,28,31)(H2,26,27,32). The Hall–Kier alpha value is -3.30. The van der Waals surface area contributed by atoms with E-state index >= 15 is 0 Å². The lowest BCUT2D eigenvalue weighted by atomic mass is 9.96. The molecule has 0 saturated heterocycles. The number of hydrogen-bond acceptors (Lipinski definition) is 5. The number of ketones is 1. The van der Waals surface area contributed by atoms with E-state index in [1.165, 1.54) is 38.3 Å². The summed E-state index contributed by atoms with van der Waals surface area (Å²) in [5.41, 5.74) is 3.91. The van der Waals surface area contributed by atoms with Crippen LogP contribution in [0, 0.1) is 0 Å². The van der Waals surface area contributed by atoms with Gasteiger partial charge in [-0.3, -0.25) is 19.8 Å². The lowest BCUT2D eigenvalue weighted by Gasteiger charge is -2.24. The lowest BCUT2D eigenvalue weighted by Crippen LogP contribution is -2.38. The molecule has 1 aliphatic carbocycles. The normalized spacial score (nSPS) is 13.7. The molecule has 6 N–H and O–H groups in total. The van der Waals surface area contributed by atoms with E-state index in [1.807, 2.05) is 5.43 Å². The van der Waals surface area contributed by atoms with Crippen LogP contribution in [-0.2, 0) is 0 Å². The number of thiocarbonyl (C=S) groups is 1. The van der Waals surface area contributed by atoms with Crippen LogP contribution in [0.3, 0.4) is 0 Å². The highest BCUT2D eigenvalue weighted by Gasteiger charge is 2.16. The van der Waals surface area contributed by atoms with E-state index in [0.717, 1.165) is 18.5 Å². The highest BCUT2D eigenvalue weighted by molar-refractivity contribution is 7.80. The number of benzene rings is 2. The number of hydrazine groups is 1. The minimum atomic E-state index is -0.612. The maximum absolute atomic E-state index is 12.6. The Labute approximate surface area is 192 Å². The van der Waals surface area contributed by atoms with Crippen molar-refractivity contribution in [1.82, 2.24) is 10.7 Å². The predicted molar refractivity (Wildman–Crippen MR) is 129 cm³/mol. The van der Waals surface area contributed by atoms with Crippen LogP contribution in [0.4, 0.5) is 11.4 Å². The first-order chi connectivity index (χ1) is 15.4. The van der Waals surface area contributed by atoms with Gasteiger partial charge in [0.15, 0.2) is 10.9 Å². The summed E-state index contributed by atoms with van der Waals surface area (Å²) in [5, 5.41) is 9.80. The van der Waals surface area contributed by atoms with E-state index < -0.39 is 5.91 Å². The number of carbonyl (C=O) groups is 3. The molecule has 0 spiro atoms. The van der Waals surface area contributed by atoms with Gasteiger partial charge in [-0.2, -0.15) is 0 Å². The van der Waals surface area contributed by atoms with Crippen molar-refractivity contribution in [2.24, 2.45) is 5.84 Å². The van der Waals surface area contributed by atoms with Crippen molar-refractivity contribution >= 4 is 46.3 Å². The number of nitrogen functional groups attached to an aromatic ring is 1. The van der Waals surface area contributed by atoms with Gasteiger partial charge in [0.25, 0.3) is 11.8 Å². The van der Waals surface area contributed by atoms with Crippen molar-refractivity contribution in [1.29, 1.82) is 0 Å². The van der Waals surface area contributed by atoms with Gasteiger partial charge in [0.2, 0.25) is 0 Å². The average molecular weight is 454 g/mol. The number of carbonyl (C=O) groups excluding carboxylic acids is 3. The van der Waals surface area contributed by atoms with E-state index in [2.05, 4.69) is 16.0 Å². The van der Waals surface area contributed by atoms with Gasteiger partial charge in [0.05, 0.1) is 5.56 Å². The number of hydrogen-bond donors (Lipinski definition) is 5. The molecular weight excluding hydrogens is 426 g/mol. The lowest BCUT2D eigenvalue weighted by molar-refractivity contribution is 0.0938. The minimum Gasteiger partial charge on any atom is -0.360 e. The molecule has 3 rings (SSSR count). The van der Waals surface area contributed by atoms with Crippen LogP contribution in [0.2, 0.25) is 0 Å². The second-order valence-electron chi connectivity index (χ2n) is 7.75. The summed E-state index contributed by atoms with van der Waals surface area (Å²) >= 11 is 5.39. The molecule has 32 heavy (non-hydrogen) atoms. The zero-order chi connectivity index (χ0) is 23.1. The fourth-order valence-corrected chi connectivity index (χ4v) is 3.99. The van der Waals surface area contributed by atoms with E-state index in [4.69, 9.17) is 18.1 Å². The maximum Gasteiger partial charge on any atom is 0.265 e. The smallest absolute Gasteiger partial charge is 0.265 e. The maximum atomic E-state index is 12.6. The zero-order valence-electron chi connectivity index (χ0n) is 17.9. The quantitative estimate of drug-likeness (QED) is 0.149. The molecule has 0 unspecified atom stereocenters. The molecule has 1 fully saturated rings. The van der Waals surface area contributed by atoms with Crippen LogP contribution >= 0.6 is 12.2 Å². The molecule has 168 valence electrons. The molecule has 1 saturated carbocycles. The van der Waals surface area contributed by atoms with Gasteiger partial charge in [0.1, 0.15) is 0 Å². The number of anilines is 2. The summed E-state index contributed by atoms with van der Waals surface area (Å²) in [5.74, 6) is 3.96. The van der Waals surface area contributed by atoms with Crippen LogP contribution in [0.1, 0.15) is 70.1 Å². The minimum absolute atomic E-state index is 0.0938. The van der Waals surface area contributed by atoms with Crippen molar-refractivity contribution in [2.45, 2.75) is 45.1 Å². The Morgan fingerprint density at radius 1 is 0.875 bits per heavy atom. The molecule has 0 aliphatic heterocycles. The molecule has 0 aromatic heterocycles. The molecule has 2 aromatic carbocycles. The first-order valence-electron chi connectivity index (χ1n) is 10.5. The van der Waals surface area contributed by atoms with Crippen molar-refractivity contribution in [3.05, 3.63) is 59.2 Å². The van der Waals surface area contributed by atoms with Crippen molar-refractivity contribution in [3.63, 3.8) is 0 Å². The number of nitrogens with two attached hydrogens (primary N) is 1. The summed E-state index contributed by atoms with van der Waals surface area (Å²) < 4.78 is 0. The van der Waals surface area contributed by atoms with Crippen LogP contribution < -0.4 is 27.2 Å². The topological polar surface area (TPSA) is 125 Å². The van der Waals surface area contributed by atoms with Gasteiger partial charge in [-0.25, -0.2) is 5.84 Å².